The van der Waals surface area contributed by atoms with Gasteiger partial charge in [-0.3, -0.25) is 9.80 Å². The topological polar surface area (TPSA) is 6.48 Å². The van der Waals surface area contributed by atoms with Crippen LogP contribution >= 0.6 is 0 Å². The maximum Gasteiger partial charge on any atom is 0.0353 e. The van der Waals surface area contributed by atoms with E-state index in [9.17, 15) is 0 Å². The average molecular weight is 156 g/mol. The monoisotopic (exact) mass is 156 g/mol. The van der Waals surface area contributed by atoms with Gasteiger partial charge >= 0.3 is 0 Å². The van der Waals surface area contributed by atoms with Crippen LogP contribution in [-0.2, 0) is 0 Å². The Hall–Kier alpha value is -0.0800. The number of fused-ring (bicyclic) bond motifs is 2. The molecule has 0 spiro atoms. The summed E-state index contributed by atoms with van der Waals surface area (Å²) in [6, 6.07) is 1.65. The molecule has 0 saturated carbocycles. The van der Waals surface area contributed by atoms with Gasteiger partial charge in [-0.05, 0) is 13.8 Å². The molecule has 3 aliphatic rings. The quantitative estimate of drug-likeness (QED) is 0.559. The largest absolute Gasteiger partial charge is 0.299 e. The minimum atomic E-state index is 0. The lowest BCUT2D eigenvalue weighted by Gasteiger charge is -2.53. The highest BCUT2D eigenvalue weighted by atomic mass is 15.4. The SMILES string of the molecule is C.CC(C)N1CCN2CC1C2. The molecule has 3 saturated heterocycles. The molecule has 2 nitrogen and oxygen atoms in total. The van der Waals surface area contributed by atoms with Crippen LogP contribution in [0.25, 0.3) is 0 Å². The molecule has 66 valence electrons. The Kier molecular flexibility index (Phi) is 2.55. The second kappa shape index (κ2) is 3.11. The van der Waals surface area contributed by atoms with Crippen molar-refractivity contribution >= 4 is 0 Å². The van der Waals surface area contributed by atoms with Crippen molar-refractivity contribution in [1.82, 2.24) is 9.80 Å². The van der Waals surface area contributed by atoms with Gasteiger partial charge in [-0.15, -0.1) is 0 Å². The lowest BCUT2D eigenvalue weighted by Crippen LogP contribution is -2.67. The molecule has 0 atom stereocenters. The van der Waals surface area contributed by atoms with E-state index in [2.05, 4.69) is 23.6 Å². The van der Waals surface area contributed by atoms with Gasteiger partial charge in [0, 0.05) is 38.3 Å². The summed E-state index contributed by atoms with van der Waals surface area (Å²) in [7, 11) is 0. The predicted octanol–water partition coefficient (Wildman–Crippen LogP) is 1.03. The molecule has 2 bridgehead atoms. The summed E-state index contributed by atoms with van der Waals surface area (Å²) in [5.41, 5.74) is 0. The number of hydrogen-bond acceptors (Lipinski definition) is 2. The first-order valence-corrected chi connectivity index (χ1v) is 4.25. The Morgan fingerprint density at radius 2 is 1.82 bits per heavy atom. The molecule has 11 heavy (non-hydrogen) atoms. The number of piperazine rings is 2. The fraction of sp³-hybridized carbons (Fsp3) is 1.00. The molecule has 0 aromatic heterocycles. The van der Waals surface area contributed by atoms with E-state index in [4.69, 9.17) is 0 Å². The van der Waals surface area contributed by atoms with E-state index in [1.807, 2.05) is 0 Å². The maximum absolute atomic E-state index is 2.62. The van der Waals surface area contributed by atoms with E-state index >= 15 is 0 Å². The molecule has 0 unspecified atom stereocenters. The molecule has 3 fully saturated rings. The average Bonchev–Trinajstić information content (AvgIpc) is 1.86. The fourth-order valence-corrected chi connectivity index (χ4v) is 2.05. The van der Waals surface area contributed by atoms with Crippen LogP contribution < -0.4 is 0 Å². The van der Waals surface area contributed by atoms with Crippen molar-refractivity contribution in [2.45, 2.75) is 33.4 Å². The van der Waals surface area contributed by atoms with E-state index in [0.717, 1.165) is 12.1 Å². The van der Waals surface area contributed by atoms with Crippen LogP contribution in [-0.4, -0.2) is 48.1 Å². The standard InChI is InChI=1S/C8H16N2.CH4/c1-7(2)10-4-3-9-5-8(10)6-9;/h7-8H,3-6H2,1-2H3;1H4. The first-order chi connectivity index (χ1) is 4.77. The normalized spacial score (nSPS) is 36.3. The number of hydrogen-bond donors (Lipinski definition) is 0. The van der Waals surface area contributed by atoms with E-state index in [1.165, 1.54) is 26.2 Å². The van der Waals surface area contributed by atoms with E-state index in [-0.39, 0.29) is 7.43 Å². The predicted molar refractivity (Wildman–Crippen MR) is 48.8 cm³/mol. The molecule has 3 aliphatic heterocycles. The molecule has 3 rings (SSSR count). The van der Waals surface area contributed by atoms with Crippen molar-refractivity contribution in [3.63, 3.8) is 0 Å². The lowest BCUT2D eigenvalue weighted by molar-refractivity contribution is -0.0410. The number of rotatable bonds is 1. The molecular formula is C9H20N2. The highest BCUT2D eigenvalue weighted by Crippen LogP contribution is 2.21. The van der Waals surface area contributed by atoms with Crippen LogP contribution in [0, 0.1) is 0 Å². The van der Waals surface area contributed by atoms with Crippen LogP contribution in [0.3, 0.4) is 0 Å². The summed E-state index contributed by atoms with van der Waals surface area (Å²) in [6.07, 6.45) is 0. The van der Waals surface area contributed by atoms with Gasteiger partial charge in [-0.1, -0.05) is 7.43 Å². The van der Waals surface area contributed by atoms with Crippen LogP contribution in [0.5, 0.6) is 0 Å². The Labute approximate surface area is 70.2 Å². The Morgan fingerprint density at radius 3 is 2.09 bits per heavy atom. The maximum atomic E-state index is 2.62. The zero-order valence-corrected chi connectivity index (χ0v) is 6.88. The van der Waals surface area contributed by atoms with Gasteiger partial charge in [-0.25, -0.2) is 0 Å². The van der Waals surface area contributed by atoms with Crippen molar-refractivity contribution in [2.24, 2.45) is 0 Å². The summed E-state index contributed by atoms with van der Waals surface area (Å²) >= 11 is 0. The Bertz CT molecular complexity index is 125. The van der Waals surface area contributed by atoms with Crippen molar-refractivity contribution in [3.8, 4) is 0 Å². The molecule has 0 aromatic carbocycles. The lowest BCUT2D eigenvalue weighted by atomic mass is 10.0. The smallest absolute Gasteiger partial charge is 0.0353 e. The highest BCUT2D eigenvalue weighted by Gasteiger charge is 2.37. The van der Waals surface area contributed by atoms with Crippen molar-refractivity contribution in [3.05, 3.63) is 0 Å². The molecule has 2 heteroatoms. The Morgan fingerprint density at radius 1 is 1.18 bits per heavy atom. The van der Waals surface area contributed by atoms with E-state index < -0.39 is 0 Å². The first-order valence-electron chi connectivity index (χ1n) is 4.25. The molecule has 0 radical (unpaired) electrons. The Balaban J connectivity index is 0.000000605. The van der Waals surface area contributed by atoms with Gasteiger partial charge in [0.25, 0.3) is 0 Å². The van der Waals surface area contributed by atoms with Gasteiger partial charge in [0.1, 0.15) is 0 Å². The number of nitrogens with zero attached hydrogens (tertiary/aromatic N) is 2. The van der Waals surface area contributed by atoms with Crippen LogP contribution in [0.2, 0.25) is 0 Å². The molecule has 0 aliphatic carbocycles. The van der Waals surface area contributed by atoms with Crippen LogP contribution in [0.1, 0.15) is 21.3 Å². The van der Waals surface area contributed by atoms with Crippen molar-refractivity contribution in [2.75, 3.05) is 26.2 Å². The zero-order valence-electron chi connectivity index (χ0n) is 6.88. The molecular weight excluding hydrogens is 136 g/mol. The summed E-state index contributed by atoms with van der Waals surface area (Å²) in [6.45, 7) is 9.86. The van der Waals surface area contributed by atoms with Gasteiger partial charge < -0.3 is 0 Å². The van der Waals surface area contributed by atoms with Gasteiger partial charge in [-0.2, -0.15) is 0 Å². The van der Waals surface area contributed by atoms with Gasteiger partial charge in [0.15, 0.2) is 0 Å². The van der Waals surface area contributed by atoms with Crippen molar-refractivity contribution < 1.29 is 0 Å². The van der Waals surface area contributed by atoms with Gasteiger partial charge in [0.05, 0.1) is 0 Å². The van der Waals surface area contributed by atoms with Crippen LogP contribution in [0.4, 0.5) is 0 Å². The zero-order chi connectivity index (χ0) is 7.14. The minimum absolute atomic E-state index is 0. The van der Waals surface area contributed by atoms with Crippen LogP contribution in [0.15, 0.2) is 0 Å². The summed E-state index contributed by atoms with van der Waals surface area (Å²) in [5.74, 6) is 0. The van der Waals surface area contributed by atoms with Crippen molar-refractivity contribution in [1.29, 1.82) is 0 Å². The third kappa shape index (κ3) is 1.42. The summed E-state index contributed by atoms with van der Waals surface area (Å²) < 4.78 is 0. The summed E-state index contributed by atoms with van der Waals surface area (Å²) in [4.78, 5) is 5.16. The minimum Gasteiger partial charge on any atom is -0.299 e. The first kappa shape index (κ1) is 9.01. The fourth-order valence-electron chi connectivity index (χ4n) is 2.05. The van der Waals surface area contributed by atoms with E-state index in [0.29, 0.717) is 0 Å². The molecule has 0 amide bonds. The second-order valence-corrected chi connectivity index (χ2v) is 3.74. The summed E-state index contributed by atoms with van der Waals surface area (Å²) in [5, 5.41) is 0. The second-order valence-electron chi connectivity index (χ2n) is 3.74. The molecule has 0 aromatic rings. The molecule has 3 heterocycles. The molecule has 0 N–H and O–H groups in total. The third-order valence-corrected chi connectivity index (χ3v) is 2.74. The van der Waals surface area contributed by atoms with Gasteiger partial charge in [0.2, 0.25) is 0 Å². The third-order valence-electron chi connectivity index (χ3n) is 2.74. The highest BCUT2D eigenvalue weighted by molar-refractivity contribution is 4.94. The van der Waals surface area contributed by atoms with E-state index in [1.54, 1.807) is 0 Å².